The molecule has 9 rings (SSSR count). The lowest BCUT2D eigenvalue weighted by Gasteiger charge is -2.25. The van der Waals surface area contributed by atoms with Crippen molar-refractivity contribution in [2.75, 3.05) is 0 Å². The van der Waals surface area contributed by atoms with Crippen molar-refractivity contribution < 1.29 is 8.83 Å². The molecule has 0 bridgehead atoms. The molecule has 0 unspecified atom stereocenters. The summed E-state index contributed by atoms with van der Waals surface area (Å²) in [4.78, 5) is 0. The third-order valence-corrected chi connectivity index (χ3v) is 10.8. The first-order valence-electron chi connectivity index (χ1n) is 18.2. The van der Waals surface area contributed by atoms with Gasteiger partial charge in [0.25, 0.3) is 0 Å². The van der Waals surface area contributed by atoms with Crippen molar-refractivity contribution in [3.05, 3.63) is 126 Å². The monoisotopic (exact) mass is 667 g/mol. The van der Waals surface area contributed by atoms with Crippen LogP contribution in [0.5, 0.6) is 0 Å². The number of aromatic nitrogens is 1. The van der Waals surface area contributed by atoms with Gasteiger partial charge in [-0.1, -0.05) is 123 Å². The van der Waals surface area contributed by atoms with Crippen LogP contribution in [0.25, 0.3) is 82.5 Å². The molecular weight excluding hydrogens is 623 g/mol. The first-order valence-corrected chi connectivity index (χ1v) is 18.2. The number of furan rings is 2. The average Bonchev–Trinajstić information content (AvgIpc) is 3.75. The molecule has 0 radical (unpaired) electrons. The Morgan fingerprint density at radius 1 is 0.451 bits per heavy atom. The maximum atomic E-state index is 7.14. The van der Waals surface area contributed by atoms with Crippen molar-refractivity contribution in [2.24, 2.45) is 0 Å². The van der Waals surface area contributed by atoms with Gasteiger partial charge in [-0.05, 0) is 81.5 Å². The second-order valence-electron chi connectivity index (χ2n) is 17.5. The number of para-hydroxylation sites is 3. The molecule has 3 nitrogen and oxygen atoms in total. The van der Waals surface area contributed by atoms with Gasteiger partial charge in [-0.15, -0.1) is 0 Å². The molecule has 0 aliphatic rings. The molecule has 0 spiro atoms. The van der Waals surface area contributed by atoms with Gasteiger partial charge in [0.15, 0.2) is 0 Å². The highest BCUT2D eigenvalue weighted by molar-refractivity contribution is 6.16. The lowest BCUT2D eigenvalue weighted by atomic mass is 9.79. The average molecular weight is 668 g/mol. The van der Waals surface area contributed by atoms with Crippen molar-refractivity contribution in [2.45, 2.75) is 78.6 Å². The Morgan fingerprint density at radius 3 is 1.61 bits per heavy atom. The predicted octanol–water partition coefficient (Wildman–Crippen LogP) is 14.1. The van der Waals surface area contributed by atoms with Crippen LogP contribution in [0.2, 0.25) is 0 Å². The minimum Gasteiger partial charge on any atom is -0.456 e. The van der Waals surface area contributed by atoms with Crippen molar-refractivity contribution in [3.8, 4) is 16.8 Å². The molecule has 0 aliphatic carbocycles. The summed E-state index contributed by atoms with van der Waals surface area (Å²) in [5.41, 5.74) is 12.9. The summed E-state index contributed by atoms with van der Waals surface area (Å²) in [6.07, 6.45) is 0. The van der Waals surface area contributed by atoms with E-state index >= 15 is 0 Å². The lowest BCUT2D eigenvalue weighted by Crippen LogP contribution is -2.16. The quantitative estimate of drug-likeness (QED) is 0.184. The fourth-order valence-electron chi connectivity index (χ4n) is 7.96. The minimum atomic E-state index is -0.0999. The van der Waals surface area contributed by atoms with Crippen LogP contribution in [0, 0.1) is 0 Å². The number of benzene rings is 6. The maximum absolute atomic E-state index is 7.14. The van der Waals surface area contributed by atoms with Crippen LogP contribution in [0.4, 0.5) is 0 Å². The molecule has 3 heterocycles. The molecule has 0 fully saturated rings. The van der Waals surface area contributed by atoms with Gasteiger partial charge in [-0.25, -0.2) is 0 Å². The largest absolute Gasteiger partial charge is 0.456 e. The van der Waals surface area contributed by atoms with E-state index < -0.39 is 0 Å². The van der Waals surface area contributed by atoms with Gasteiger partial charge in [0.2, 0.25) is 0 Å². The molecule has 0 atom stereocenters. The van der Waals surface area contributed by atoms with E-state index in [0.29, 0.717) is 0 Å². The third kappa shape index (κ3) is 4.85. The highest BCUT2D eigenvalue weighted by Crippen LogP contribution is 2.47. The van der Waals surface area contributed by atoms with Crippen molar-refractivity contribution >= 4 is 65.7 Å². The van der Waals surface area contributed by atoms with Crippen LogP contribution in [-0.2, 0) is 16.2 Å². The summed E-state index contributed by atoms with van der Waals surface area (Å²) in [7, 11) is 0. The zero-order chi connectivity index (χ0) is 35.6. The second kappa shape index (κ2) is 10.6. The molecule has 0 saturated carbocycles. The molecule has 3 heteroatoms. The Bertz CT molecular complexity index is 2800. The normalized spacial score (nSPS) is 13.2. The highest BCUT2D eigenvalue weighted by atomic mass is 16.3. The van der Waals surface area contributed by atoms with E-state index in [1.54, 1.807) is 0 Å². The lowest BCUT2D eigenvalue weighted by molar-refractivity contribution is 0.559. The van der Waals surface area contributed by atoms with Crippen molar-refractivity contribution in [3.63, 3.8) is 0 Å². The molecule has 51 heavy (non-hydrogen) atoms. The number of nitrogens with zero attached hydrogens (tertiary/aromatic N) is 1. The molecule has 3 aromatic heterocycles. The first kappa shape index (κ1) is 31.7. The standard InChI is InChI=1S/C48H45NO2/c1-46(2,3)29-24-34(44-35(25-29)36-26-30(47(4,5)6)27-37(45(36)51-44)48(7,8)9)28-22-40(43-33-18-12-15-21-41(33)50-42(43)23-28)49-38-19-13-10-16-31(38)32-17-11-14-20-39(32)49/h10-27H,1-9H3. The van der Waals surface area contributed by atoms with Crippen molar-refractivity contribution in [1.29, 1.82) is 0 Å². The zero-order valence-corrected chi connectivity index (χ0v) is 31.2. The van der Waals surface area contributed by atoms with Crippen LogP contribution in [-0.4, -0.2) is 4.57 Å². The van der Waals surface area contributed by atoms with Gasteiger partial charge in [-0.2, -0.15) is 0 Å². The van der Waals surface area contributed by atoms with Crippen LogP contribution in [0.3, 0.4) is 0 Å². The number of hydrogen-bond acceptors (Lipinski definition) is 2. The molecule has 0 aliphatic heterocycles. The van der Waals surface area contributed by atoms with Crippen LogP contribution >= 0.6 is 0 Å². The number of rotatable bonds is 2. The molecule has 0 amide bonds. The molecule has 0 saturated heterocycles. The Balaban J connectivity index is 1.45. The van der Waals surface area contributed by atoms with Gasteiger partial charge in [0.05, 0.1) is 22.1 Å². The van der Waals surface area contributed by atoms with Gasteiger partial charge in [0, 0.05) is 38.1 Å². The van der Waals surface area contributed by atoms with E-state index in [4.69, 9.17) is 8.83 Å². The topological polar surface area (TPSA) is 31.2 Å². The Morgan fingerprint density at radius 2 is 1.00 bits per heavy atom. The minimum absolute atomic E-state index is 0.00814. The van der Waals surface area contributed by atoms with E-state index in [2.05, 4.69) is 176 Å². The van der Waals surface area contributed by atoms with Gasteiger partial charge in [0.1, 0.15) is 22.3 Å². The van der Waals surface area contributed by atoms with Gasteiger partial charge in [-0.3, -0.25) is 0 Å². The maximum Gasteiger partial charge on any atom is 0.143 e. The second-order valence-corrected chi connectivity index (χ2v) is 17.5. The molecule has 254 valence electrons. The van der Waals surface area contributed by atoms with Gasteiger partial charge < -0.3 is 13.4 Å². The molecular formula is C48H45NO2. The van der Waals surface area contributed by atoms with E-state index in [0.717, 1.165) is 55.3 Å². The molecule has 0 N–H and O–H groups in total. The smallest absolute Gasteiger partial charge is 0.143 e. The third-order valence-electron chi connectivity index (χ3n) is 10.8. The summed E-state index contributed by atoms with van der Waals surface area (Å²) in [6, 6.07) is 39.9. The Labute approximate surface area is 299 Å². The SMILES string of the molecule is CC(C)(C)c1cc(-c2cc(-n3c4ccccc4c4ccccc43)c3c(c2)oc2ccccc23)c2oc3c(C(C)(C)C)cc(C(C)(C)C)cc3c2c1. The van der Waals surface area contributed by atoms with E-state index in [9.17, 15) is 0 Å². The predicted molar refractivity (Wildman–Crippen MR) is 217 cm³/mol. The molecule has 9 aromatic rings. The van der Waals surface area contributed by atoms with Crippen LogP contribution < -0.4 is 0 Å². The zero-order valence-electron chi connectivity index (χ0n) is 31.2. The summed E-state index contributed by atoms with van der Waals surface area (Å²) < 4.78 is 16.3. The highest BCUT2D eigenvalue weighted by Gasteiger charge is 2.28. The number of fused-ring (bicyclic) bond motifs is 9. The molecule has 6 aromatic carbocycles. The fourth-order valence-corrected chi connectivity index (χ4v) is 7.96. The van der Waals surface area contributed by atoms with Crippen LogP contribution in [0.1, 0.15) is 79.0 Å². The summed E-state index contributed by atoms with van der Waals surface area (Å²) in [5.74, 6) is 0. The van der Waals surface area contributed by atoms with Crippen LogP contribution in [0.15, 0.2) is 118 Å². The Hall–Kier alpha value is -5.28. The first-order chi connectivity index (χ1) is 24.2. The van der Waals surface area contributed by atoms with Gasteiger partial charge >= 0.3 is 0 Å². The van der Waals surface area contributed by atoms with Crippen molar-refractivity contribution in [1.82, 2.24) is 4.57 Å². The summed E-state index contributed by atoms with van der Waals surface area (Å²) in [5, 5.41) is 7.03. The summed E-state index contributed by atoms with van der Waals surface area (Å²) in [6.45, 7) is 20.7. The van der Waals surface area contributed by atoms with E-state index in [1.165, 1.54) is 43.9 Å². The van der Waals surface area contributed by atoms with E-state index in [-0.39, 0.29) is 16.2 Å². The van der Waals surface area contributed by atoms with E-state index in [1.807, 2.05) is 0 Å². The number of hydrogen-bond donors (Lipinski definition) is 0. The fraction of sp³-hybridized carbons (Fsp3) is 0.250. The summed E-state index contributed by atoms with van der Waals surface area (Å²) >= 11 is 0. The Kier molecular flexibility index (Phi) is 6.60.